The highest BCUT2D eigenvalue weighted by molar-refractivity contribution is 7.07. The van der Waals surface area contributed by atoms with Gasteiger partial charge in [0.05, 0.1) is 11.2 Å². The minimum absolute atomic E-state index is 0.120. The first-order valence-electron chi connectivity index (χ1n) is 16.1. The lowest BCUT2D eigenvalue weighted by atomic mass is 9.95. The highest BCUT2D eigenvalue weighted by atomic mass is 32.1. The number of carbonyl (C=O) groups is 4. The van der Waals surface area contributed by atoms with Crippen LogP contribution in [0.3, 0.4) is 0 Å². The summed E-state index contributed by atoms with van der Waals surface area (Å²) in [5, 5.41) is 16.7. The van der Waals surface area contributed by atoms with Crippen molar-refractivity contribution in [3.63, 3.8) is 0 Å². The number of hydrogen-bond acceptors (Lipinski definition) is 7. The second-order valence-electron chi connectivity index (χ2n) is 12.2. The van der Waals surface area contributed by atoms with E-state index in [-0.39, 0.29) is 31.1 Å². The first-order chi connectivity index (χ1) is 23.3. The Morgan fingerprint density at radius 2 is 1.54 bits per heavy atom. The zero-order chi connectivity index (χ0) is 33.5. The van der Waals surface area contributed by atoms with E-state index in [4.69, 9.17) is 5.73 Å². The van der Waals surface area contributed by atoms with Gasteiger partial charge in [0.2, 0.25) is 23.6 Å². The SMILES string of the molecule is NC(=O)[C@H](Cc1cscn1)NC(=O)[C@@H](Cc1c[nH]c2ccccc12)NC(=O)[C@@H](Cc1ccc2ccccc2c1)NC(=O)C1CCNCC1. The maximum Gasteiger partial charge on any atom is 0.243 e. The maximum absolute atomic E-state index is 14.2. The van der Waals surface area contributed by atoms with Gasteiger partial charge in [-0.15, -0.1) is 11.3 Å². The van der Waals surface area contributed by atoms with Crippen LogP contribution in [0.4, 0.5) is 0 Å². The van der Waals surface area contributed by atoms with Crippen LogP contribution in [0.1, 0.15) is 29.7 Å². The number of nitrogens with two attached hydrogens (primary N) is 1. The summed E-state index contributed by atoms with van der Waals surface area (Å²) in [7, 11) is 0. The predicted octanol–water partition coefficient (Wildman–Crippen LogP) is 2.74. The molecule has 0 aliphatic carbocycles. The highest BCUT2D eigenvalue weighted by Gasteiger charge is 2.32. The van der Waals surface area contributed by atoms with E-state index in [1.165, 1.54) is 11.3 Å². The summed E-state index contributed by atoms with van der Waals surface area (Å²) in [6.07, 6.45) is 3.64. The Bertz CT molecular complexity index is 1900. The molecule has 0 bridgehead atoms. The second-order valence-corrected chi connectivity index (χ2v) is 13.0. The molecule has 1 fully saturated rings. The first kappa shape index (κ1) is 32.9. The quantitative estimate of drug-likeness (QED) is 0.113. The number of fused-ring (bicyclic) bond motifs is 2. The van der Waals surface area contributed by atoms with Crippen molar-refractivity contribution in [2.24, 2.45) is 11.7 Å². The third-order valence-electron chi connectivity index (χ3n) is 8.89. The number of H-pyrrole nitrogens is 1. The predicted molar refractivity (Wildman–Crippen MR) is 186 cm³/mol. The molecule has 12 heteroatoms. The van der Waals surface area contributed by atoms with Crippen molar-refractivity contribution in [3.8, 4) is 0 Å². The molecule has 248 valence electrons. The van der Waals surface area contributed by atoms with Crippen molar-refractivity contribution in [2.75, 3.05) is 13.1 Å². The van der Waals surface area contributed by atoms with Gasteiger partial charge in [-0.05, 0) is 53.9 Å². The molecular formula is C36H39N7O4S. The number of piperidine rings is 1. The molecule has 0 spiro atoms. The summed E-state index contributed by atoms with van der Waals surface area (Å²) in [5.41, 5.74) is 10.5. The van der Waals surface area contributed by atoms with Crippen molar-refractivity contribution in [1.29, 1.82) is 0 Å². The number of benzene rings is 3. The van der Waals surface area contributed by atoms with Gasteiger partial charge < -0.3 is 32.0 Å². The molecule has 11 nitrogen and oxygen atoms in total. The Hall–Kier alpha value is -5.07. The summed E-state index contributed by atoms with van der Waals surface area (Å²) < 4.78 is 0. The smallest absolute Gasteiger partial charge is 0.243 e. The number of thiazole rings is 1. The van der Waals surface area contributed by atoms with E-state index >= 15 is 0 Å². The molecule has 48 heavy (non-hydrogen) atoms. The number of hydrogen-bond donors (Lipinski definition) is 6. The Balaban J connectivity index is 1.27. The molecule has 3 aromatic carbocycles. The van der Waals surface area contributed by atoms with Crippen molar-refractivity contribution < 1.29 is 19.2 Å². The summed E-state index contributed by atoms with van der Waals surface area (Å²) in [6, 6.07) is 18.5. The number of primary amides is 1. The number of aromatic nitrogens is 2. The normalized spacial score (nSPS) is 15.4. The molecule has 0 unspecified atom stereocenters. The van der Waals surface area contributed by atoms with Crippen LogP contribution in [0.2, 0.25) is 0 Å². The van der Waals surface area contributed by atoms with Crippen LogP contribution in [0.5, 0.6) is 0 Å². The van der Waals surface area contributed by atoms with Crippen LogP contribution in [0, 0.1) is 5.92 Å². The third kappa shape index (κ3) is 8.07. The molecule has 0 saturated carbocycles. The third-order valence-corrected chi connectivity index (χ3v) is 9.52. The van der Waals surface area contributed by atoms with Gasteiger partial charge in [-0.3, -0.25) is 19.2 Å². The molecule has 5 aromatic rings. The van der Waals surface area contributed by atoms with E-state index < -0.39 is 35.8 Å². The summed E-state index contributed by atoms with van der Waals surface area (Å²) in [5.74, 6) is -2.18. The van der Waals surface area contributed by atoms with Gasteiger partial charge in [0.1, 0.15) is 18.1 Å². The van der Waals surface area contributed by atoms with Gasteiger partial charge in [0, 0.05) is 47.7 Å². The zero-order valence-corrected chi connectivity index (χ0v) is 27.2. The van der Waals surface area contributed by atoms with E-state index in [1.807, 2.05) is 72.9 Å². The molecule has 3 atom stereocenters. The number of amides is 4. The fraction of sp³-hybridized carbons (Fsp3) is 0.306. The molecule has 1 aliphatic rings. The summed E-state index contributed by atoms with van der Waals surface area (Å²) in [6.45, 7) is 1.46. The Morgan fingerprint density at radius 3 is 2.29 bits per heavy atom. The van der Waals surface area contributed by atoms with Crippen LogP contribution >= 0.6 is 11.3 Å². The molecular weight excluding hydrogens is 627 g/mol. The molecule has 1 aliphatic heterocycles. The number of nitrogens with zero attached hydrogens (tertiary/aromatic N) is 1. The minimum Gasteiger partial charge on any atom is -0.368 e. The second kappa shape index (κ2) is 15.2. The summed E-state index contributed by atoms with van der Waals surface area (Å²) >= 11 is 1.38. The zero-order valence-electron chi connectivity index (χ0n) is 26.4. The number of carbonyl (C=O) groups excluding carboxylic acids is 4. The fourth-order valence-electron chi connectivity index (χ4n) is 6.23. The van der Waals surface area contributed by atoms with Gasteiger partial charge in [0.25, 0.3) is 0 Å². The topological polar surface area (TPSA) is 171 Å². The Morgan fingerprint density at radius 1 is 0.833 bits per heavy atom. The Kier molecular flexibility index (Phi) is 10.4. The van der Waals surface area contributed by atoms with E-state index in [2.05, 4.69) is 31.2 Å². The molecule has 0 radical (unpaired) electrons. The molecule has 3 heterocycles. The molecule has 4 amide bonds. The van der Waals surface area contributed by atoms with Crippen LogP contribution in [-0.4, -0.2) is 64.8 Å². The average Bonchev–Trinajstić information content (AvgIpc) is 3.77. The van der Waals surface area contributed by atoms with Gasteiger partial charge in [0.15, 0.2) is 0 Å². The van der Waals surface area contributed by atoms with E-state index in [0.717, 1.165) is 45.9 Å². The number of aromatic amines is 1. The van der Waals surface area contributed by atoms with Gasteiger partial charge in [-0.2, -0.15) is 0 Å². The van der Waals surface area contributed by atoms with Crippen molar-refractivity contribution in [2.45, 2.75) is 50.2 Å². The van der Waals surface area contributed by atoms with Gasteiger partial charge in [-0.1, -0.05) is 60.7 Å². The summed E-state index contributed by atoms with van der Waals surface area (Å²) in [4.78, 5) is 61.4. The lowest BCUT2D eigenvalue weighted by molar-refractivity contribution is -0.134. The fourth-order valence-corrected chi connectivity index (χ4v) is 6.80. The van der Waals surface area contributed by atoms with Crippen LogP contribution in [-0.2, 0) is 38.4 Å². The van der Waals surface area contributed by atoms with E-state index in [9.17, 15) is 19.2 Å². The molecule has 2 aromatic heterocycles. The largest absolute Gasteiger partial charge is 0.368 e. The van der Waals surface area contributed by atoms with E-state index in [0.29, 0.717) is 18.5 Å². The highest BCUT2D eigenvalue weighted by Crippen LogP contribution is 2.21. The Labute approximate surface area is 282 Å². The van der Waals surface area contributed by atoms with Gasteiger partial charge >= 0.3 is 0 Å². The lowest BCUT2D eigenvalue weighted by Gasteiger charge is -2.27. The van der Waals surface area contributed by atoms with Crippen LogP contribution < -0.4 is 27.0 Å². The number of rotatable bonds is 13. The molecule has 6 rings (SSSR count). The maximum atomic E-state index is 14.2. The van der Waals surface area contributed by atoms with Gasteiger partial charge in [-0.25, -0.2) is 4.98 Å². The molecule has 1 saturated heterocycles. The van der Waals surface area contributed by atoms with Crippen molar-refractivity contribution in [1.82, 2.24) is 31.2 Å². The van der Waals surface area contributed by atoms with Crippen molar-refractivity contribution >= 4 is 56.6 Å². The van der Waals surface area contributed by atoms with Crippen LogP contribution in [0.25, 0.3) is 21.7 Å². The number of para-hydroxylation sites is 1. The van der Waals surface area contributed by atoms with Crippen LogP contribution in [0.15, 0.2) is 83.8 Å². The first-order valence-corrected chi connectivity index (χ1v) is 17.1. The number of nitrogens with one attached hydrogen (secondary N) is 5. The monoisotopic (exact) mass is 665 g/mol. The van der Waals surface area contributed by atoms with Crippen molar-refractivity contribution in [3.05, 3.63) is 101 Å². The van der Waals surface area contributed by atoms with E-state index in [1.54, 1.807) is 10.9 Å². The minimum atomic E-state index is -1.08. The lowest BCUT2D eigenvalue weighted by Crippen LogP contribution is -2.58. The standard InChI is InChI=1S/C36H39N7O4S/c37-33(44)30(18-27-20-48-21-40-27)41-36(47)32(17-26-19-39-29-8-4-3-7-28(26)29)43-35(46)31(42-34(45)24-11-13-38-14-12-24)16-22-9-10-23-5-1-2-6-25(23)15-22/h1-10,15,19-21,24,30-32,38-39H,11-14,16-18H2,(H2,37,44)(H,41,47)(H,42,45)(H,43,46)/t30-,31+,32+/m0/s1. The molecule has 7 N–H and O–H groups in total. The average molecular weight is 666 g/mol.